The molecule has 0 spiro atoms. The van der Waals surface area contributed by atoms with Gasteiger partial charge in [0.1, 0.15) is 0 Å². The van der Waals surface area contributed by atoms with Crippen LogP contribution < -0.4 is 0 Å². The van der Waals surface area contributed by atoms with Crippen molar-refractivity contribution in [1.82, 2.24) is 0 Å². The minimum absolute atomic E-state index is 0.229. The summed E-state index contributed by atoms with van der Waals surface area (Å²) in [6.07, 6.45) is 0. The average Bonchev–Trinajstić information content (AvgIpc) is 3.38. The zero-order valence-corrected chi connectivity index (χ0v) is 19.6. The summed E-state index contributed by atoms with van der Waals surface area (Å²) in [7, 11) is 0. The Kier molecular flexibility index (Phi) is 6.51. The maximum atomic E-state index is 13.9. The molecule has 5 heteroatoms. The van der Waals surface area contributed by atoms with E-state index in [1.165, 1.54) is 0 Å². The van der Waals surface area contributed by atoms with Crippen LogP contribution in [0.1, 0.15) is 64.1 Å². The third kappa shape index (κ3) is 4.58. The Morgan fingerprint density at radius 1 is 0.351 bits per heavy atom. The lowest BCUT2D eigenvalue weighted by Gasteiger charge is -2.07. The number of hydrogen-bond donors (Lipinski definition) is 0. The Labute approximate surface area is 213 Å². The Hall–Kier alpha value is -5.16. The smallest absolute Gasteiger partial charge is 0.229 e. The Morgan fingerprint density at radius 2 is 0.595 bits per heavy atom. The lowest BCUT2D eigenvalue weighted by molar-refractivity contribution is 0.0967. The van der Waals surface area contributed by atoms with Gasteiger partial charge in [-0.2, -0.15) is 0 Å². The van der Waals surface area contributed by atoms with E-state index in [0.717, 1.165) is 0 Å². The Balaban J connectivity index is 1.81. The summed E-state index contributed by atoms with van der Waals surface area (Å²) >= 11 is 0. The van der Waals surface area contributed by atoms with E-state index in [1.807, 2.05) is 0 Å². The third-order valence-electron chi connectivity index (χ3n) is 5.92. The van der Waals surface area contributed by atoms with Crippen molar-refractivity contribution in [3.63, 3.8) is 0 Å². The largest absolute Gasteiger partial charge is 0.447 e. The highest BCUT2D eigenvalue weighted by Gasteiger charge is 2.36. The van der Waals surface area contributed by atoms with Crippen molar-refractivity contribution in [2.24, 2.45) is 0 Å². The van der Waals surface area contributed by atoms with Gasteiger partial charge in [0.15, 0.2) is 23.1 Å². The van der Waals surface area contributed by atoms with Gasteiger partial charge in [0.25, 0.3) is 0 Å². The first-order valence-corrected chi connectivity index (χ1v) is 11.6. The summed E-state index contributed by atoms with van der Waals surface area (Å²) in [5.74, 6) is -3.08. The second-order valence-corrected chi connectivity index (χ2v) is 8.29. The average molecular weight is 485 g/mol. The third-order valence-corrected chi connectivity index (χ3v) is 5.92. The van der Waals surface area contributed by atoms with Crippen LogP contribution in [0.15, 0.2) is 126 Å². The molecule has 0 bridgehead atoms. The zero-order valence-electron chi connectivity index (χ0n) is 19.6. The molecular weight excluding hydrogens is 464 g/mol. The van der Waals surface area contributed by atoms with Crippen LogP contribution >= 0.6 is 0 Å². The molecule has 178 valence electrons. The molecule has 4 aromatic carbocycles. The molecule has 0 fully saturated rings. The second kappa shape index (κ2) is 10.2. The number of rotatable bonds is 8. The number of carbonyl (C=O) groups is 4. The van der Waals surface area contributed by atoms with Gasteiger partial charge in [0.05, 0.1) is 11.1 Å². The Bertz CT molecular complexity index is 1480. The van der Waals surface area contributed by atoms with Crippen molar-refractivity contribution >= 4 is 23.1 Å². The highest BCUT2D eigenvalue weighted by molar-refractivity contribution is 6.28. The van der Waals surface area contributed by atoms with Crippen LogP contribution in [-0.4, -0.2) is 23.1 Å². The van der Waals surface area contributed by atoms with Crippen LogP contribution in [0.4, 0.5) is 0 Å². The molecule has 0 atom stereocenters. The van der Waals surface area contributed by atoms with Crippen molar-refractivity contribution in [3.8, 4) is 0 Å². The maximum absolute atomic E-state index is 13.9. The molecule has 0 N–H and O–H groups in total. The van der Waals surface area contributed by atoms with Crippen LogP contribution in [0.3, 0.4) is 0 Å². The standard InChI is InChI=1S/C32H20O5/c33-27(21-13-5-1-6-14-21)25-26(28(34)22-15-7-2-8-16-22)32(30(36)24-19-11-4-12-20-24)37-31(25)29(35)23-17-9-3-10-18-23/h1-20H. The van der Waals surface area contributed by atoms with Crippen molar-refractivity contribution in [3.05, 3.63) is 166 Å². The minimum Gasteiger partial charge on any atom is -0.447 e. The minimum atomic E-state index is -0.603. The van der Waals surface area contributed by atoms with Crippen LogP contribution in [-0.2, 0) is 0 Å². The molecule has 5 aromatic rings. The summed E-state index contributed by atoms with van der Waals surface area (Å²) in [5.41, 5.74) is 0.574. The molecule has 0 amide bonds. The van der Waals surface area contributed by atoms with E-state index in [4.69, 9.17) is 4.42 Å². The van der Waals surface area contributed by atoms with E-state index in [2.05, 4.69) is 0 Å². The highest BCUT2D eigenvalue weighted by Crippen LogP contribution is 2.31. The quantitative estimate of drug-likeness (QED) is 0.245. The predicted octanol–water partition coefficient (Wildman–Crippen LogP) is 6.20. The lowest BCUT2D eigenvalue weighted by Crippen LogP contribution is -2.15. The normalized spacial score (nSPS) is 10.6. The van der Waals surface area contributed by atoms with E-state index < -0.39 is 23.1 Å². The number of furan rings is 1. The van der Waals surface area contributed by atoms with Gasteiger partial charge >= 0.3 is 0 Å². The van der Waals surface area contributed by atoms with Gasteiger partial charge in [-0.15, -0.1) is 0 Å². The van der Waals surface area contributed by atoms with Crippen LogP contribution in [0.5, 0.6) is 0 Å². The highest BCUT2D eigenvalue weighted by atomic mass is 16.4. The number of hydrogen-bond acceptors (Lipinski definition) is 5. The van der Waals surface area contributed by atoms with Gasteiger partial charge < -0.3 is 4.42 Å². The van der Waals surface area contributed by atoms with Gasteiger partial charge in [-0.05, 0) is 0 Å². The molecule has 1 heterocycles. The van der Waals surface area contributed by atoms with E-state index >= 15 is 0 Å². The van der Waals surface area contributed by atoms with Crippen LogP contribution in [0.25, 0.3) is 0 Å². The molecule has 1 aromatic heterocycles. The predicted molar refractivity (Wildman–Crippen MR) is 138 cm³/mol. The molecular formula is C32H20O5. The van der Waals surface area contributed by atoms with Crippen LogP contribution in [0, 0.1) is 0 Å². The van der Waals surface area contributed by atoms with Crippen molar-refractivity contribution in [1.29, 1.82) is 0 Å². The number of carbonyl (C=O) groups excluding carboxylic acids is 4. The molecule has 37 heavy (non-hydrogen) atoms. The molecule has 5 rings (SSSR count). The molecule has 0 unspecified atom stereocenters. The van der Waals surface area contributed by atoms with E-state index in [-0.39, 0.29) is 44.9 Å². The summed E-state index contributed by atoms with van der Waals surface area (Å²) in [4.78, 5) is 54.9. The Morgan fingerprint density at radius 3 is 0.865 bits per heavy atom. The monoisotopic (exact) mass is 484 g/mol. The summed E-state index contributed by atoms with van der Waals surface area (Å²) in [6.45, 7) is 0. The number of benzene rings is 4. The summed E-state index contributed by atoms with van der Waals surface area (Å²) in [5, 5.41) is 0. The first-order chi connectivity index (χ1) is 18.1. The summed E-state index contributed by atoms with van der Waals surface area (Å²) < 4.78 is 5.92. The van der Waals surface area contributed by atoms with Crippen molar-refractivity contribution in [2.75, 3.05) is 0 Å². The van der Waals surface area contributed by atoms with Gasteiger partial charge in [0.2, 0.25) is 11.6 Å². The zero-order chi connectivity index (χ0) is 25.8. The van der Waals surface area contributed by atoms with E-state index in [0.29, 0.717) is 0 Å². The first kappa shape index (κ1) is 23.6. The van der Waals surface area contributed by atoms with Crippen molar-refractivity contribution < 1.29 is 23.6 Å². The fourth-order valence-electron chi connectivity index (χ4n) is 4.09. The van der Waals surface area contributed by atoms with Crippen LogP contribution in [0.2, 0.25) is 0 Å². The van der Waals surface area contributed by atoms with Gasteiger partial charge in [-0.25, -0.2) is 0 Å². The van der Waals surface area contributed by atoms with E-state index in [9.17, 15) is 19.2 Å². The molecule has 0 radical (unpaired) electrons. The molecule has 0 aliphatic heterocycles. The first-order valence-electron chi connectivity index (χ1n) is 11.6. The van der Waals surface area contributed by atoms with Crippen molar-refractivity contribution in [2.45, 2.75) is 0 Å². The molecule has 0 aliphatic carbocycles. The fraction of sp³-hybridized carbons (Fsp3) is 0. The maximum Gasteiger partial charge on any atom is 0.229 e. The summed E-state index contributed by atoms with van der Waals surface area (Å²) in [6, 6.07) is 33.1. The number of ketones is 4. The second-order valence-electron chi connectivity index (χ2n) is 8.29. The SMILES string of the molecule is O=C(c1ccccc1)c1oc(C(=O)c2ccccc2)c(C(=O)c2ccccc2)c1C(=O)c1ccccc1. The lowest BCUT2D eigenvalue weighted by atomic mass is 9.90. The van der Waals surface area contributed by atoms with Gasteiger partial charge in [-0.1, -0.05) is 121 Å². The molecule has 5 nitrogen and oxygen atoms in total. The molecule has 0 saturated heterocycles. The van der Waals surface area contributed by atoms with Gasteiger partial charge in [-0.3, -0.25) is 19.2 Å². The fourth-order valence-corrected chi connectivity index (χ4v) is 4.09. The molecule has 0 aliphatic rings. The topological polar surface area (TPSA) is 81.4 Å². The molecule has 0 saturated carbocycles. The van der Waals surface area contributed by atoms with E-state index in [1.54, 1.807) is 121 Å². The van der Waals surface area contributed by atoms with Gasteiger partial charge in [0, 0.05) is 22.3 Å².